The summed E-state index contributed by atoms with van der Waals surface area (Å²) in [6.07, 6.45) is 3.26. The van der Waals surface area contributed by atoms with Gasteiger partial charge in [-0.25, -0.2) is 0 Å². The van der Waals surface area contributed by atoms with Crippen LogP contribution in [0.4, 0.5) is 0 Å². The monoisotopic (exact) mass is 223 g/mol. The molecule has 0 fully saturated rings. The van der Waals surface area contributed by atoms with E-state index in [4.69, 9.17) is 4.74 Å². The summed E-state index contributed by atoms with van der Waals surface area (Å²) in [5, 5.41) is 0. The highest BCUT2D eigenvalue weighted by atomic mass is 16.5. The number of hydrogen-bond donors (Lipinski definition) is 0. The van der Waals surface area contributed by atoms with Crippen LogP contribution in [0.25, 0.3) is 11.1 Å². The third-order valence-corrected chi connectivity index (χ3v) is 3.08. The van der Waals surface area contributed by atoms with Gasteiger partial charge < -0.3 is 4.74 Å². The average molecular weight is 223 g/mol. The second-order valence-electron chi connectivity index (χ2n) is 4.30. The predicted octanol–water partition coefficient (Wildman–Crippen LogP) is 4.06. The molecule has 2 aromatic carbocycles. The van der Waals surface area contributed by atoms with Gasteiger partial charge >= 0.3 is 0 Å². The summed E-state index contributed by atoms with van der Waals surface area (Å²) in [5.41, 5.74) is 5.11. The van der Waals surface area contributed by atoms with Gasteiger partial charge in [0.05, 0.1) is 6.61 Å². The van der Waals surface area contributed by atoms with Crippen LogP contribution in [0.1, 0.15) is 24.5 Å². The standard InChI is InChI=1S/C16H15O/c1-2-10-17-16-9-5-8-14-13-7-4-3-6-12(13)11-15(14)16/h3-9,11H,2,10H2,1H3. The molecule has 85 valence electrons. The Morgan fingerprint density at radius 2 is 1.76 bits per heavy atom. The van der Waals surface area contributed by atoms with E-state index in [2.05, 4.69) is 55.8 Å². The molecule has 1 nitrogen and oxygen atoms in total. The van der Waals surface area contributed by atoms with Gasteiger partial charge in [0.1, 0.15) is 5.75 Å². The first-order chi connectivity index (χ1) is 8.40. The van der Waals surface area contributed by atoms with Crippen molar-refractivity contribution >= 4 is 0 Å². The molecule has 0 bridgehead atoms. The van der Waals surface area contributed by atoms with Crippen LogP contribution in [0.5, 0.6) is 5.75 Å². The van der Waals surface area contributed by atoms with E-state index in [1.165, 1.54) is 22.3 Å². The summed E-state index contributed by atoms with van der Waals surface area (Å²) in [5.74, 6) is 1.00. The molecule has 0 amide bonds. The van der Waals surface area contributed by atoms with Crippen molar-refractivity contribution in [2.45, 2.75) is 13.3 Å². The molecule has 0 N–H and O–H groups in total. The molecule has 1 aliphatic carbocycles. The minimum Gasteiger partial charge on any atom is -0.493 e. The second kappa shape index (κ2) is 4.25. The van der Waals surface area contributed by atoms with Crippen LogP contribution < -0.4 is 4.74 Å². The molecule has 0 saturated carbocycles. The topological polar surface area (TPSA) is 9.23 Å². The first-order valence-electron chi connectivity index (χ1n) is 6.10. The van der Waals surface area contributed by atoms with E-state index in [9.17, 15) is 0 Å². The summed E-state index contributed by atoms with van der Waals surface area (Å²) >= 11 is 0. The lowest BCUT2D eigenvalue weighted by atomic mass is 10.1. The van der Waals surface area contributed by atoms with Crippen LogP contribution in [0, 0.1) is 6.42 Å². The Morgan fingerprint density at radius 1 is 0.941 bits per heavy atom. The van der Waals surface area contributed by atoms with E-state index in [-0.39, 0.29) is 0 Å². The lowest BCUT2D eigenvalue weighted by Crippen LogP contribution is -1.97. The number of hydrogen-bond acceptors (Lipinski definition) is 1. The molecule has 0 spiro atoms. The molecule has 17 heavy (non-hydrogen) atoms. The van der Waals surface area contributed by atoms with Gasteiger partial charge in [0.25, 0.3) is 0 Å². The molecular weight excluding hydrogens is 208 g/mol. The Balaban J connectivity index is 2.05. The third kappa shape index (κ3) is 1.72. The van der Waals surface area contributed by atoms with Gasteiger partial charge in [-0.1, -0.05) is 43.3 Å². The fourth-order valence-electron chi connectivity index (χ4n) is 2.29. The lowest BCUT2D eigenvalue weighted by molar-refractivity contribution is 0.316. The number of benzene rings is 2. The Kier molecular flexibility index (Phi) is 2.60. The van der Waals surface area contributed by atoms with Crippen molar-refractivity contribution in [2.75, 3.05) is 6.61 Å². The maximum absolute atomic E-state index is 5.80. The zero-order valence-corrected chi connectivity index (χ0v) is 9.94. The van der Waals surface area contributed by atoms with Crippen molar-refractivity contribution in [1.82, 2.24) is 0 Å². The van der Waals surface area contributed by atoms with Crippen molar-refractivity contribution in [3.8, 4) is 16.9 Å². The number of rotatable bonds is 3. The van der Waals surface area contributed by atoms with Gasteiger partial charge in [-0.15, -0.1) is 0 Å². The van der Waals surface area contributed by atoms with Crippen molar-refractivity contribution in [2.24, 2.45) is 0 Å². The largest absolute Gasteiger partial charge is 0.493 e. The Bertz CT molecular complexity index is 543. The SMILES string of the molecule is CCCOc1cccc2c1[CH]c1ccccc1-2. The van der Waals surface area contributed by atoms with E-state index in [1.54, 1.807) is 0 Å². The Hall–Kier alpha value is -1.76. The maximum Gasteiger partial charge on any atom is 0.123 e. The minimum atomic E-state index is 0.778. The van der Waals surface area contributed by atoms with Gasteiger partial charge in [0.2, 0.25) is 0 Å². The van der Waals surface area contributed by atoms with Gasteiger partial charge in [-0.05, 0) is 29.2 Å². The molecule has 0 atom stereocenters. The summed E-state index contributed by atoms with van der Waals surface area (Å²) in [6.45, 7) is 2.91. The van der Waals surface area contributed by atoms with E-state index >= 15 is 0 Å². The van der Waals surface area contributed by atoms with E-state index in [1.807, 2.05) is 0 Å². The zero-order valence-electron chi connectivity index (χ0n) is 9.94. The van der Waals surface area contributed by atoms with E-state index in [0.29, 0.717) is 0 Å². The van der Waals surface area contributed by atoms with Crippen molar-refractivity contribution in [1.29, 1.82) is 0 Å². The fourth-order valence-corrected chi connectivity index (χ4v) is 2.29. The van der Waals surface area contributed by atoms with Gasteiger partial charge in [-0.2, -0.15) is 0 Å². The summed E-state index contributed by atoms with van der Waals surface area (Å²) in [4.78, 5) is 0. The van der Waals surface area contributed by atoms with Crippen molar-refractivity contribution in [3.63, 3.8) is 0 Å². The molecule has 1 radical (unpaired) electrons. The summed E-state index contributed by atoms with van der Waals surface area (Å²) in [7, 11) is 0. The van der Waals surface area contributed by atoms with Crippen LogP contribution in [0.3, 0.4) is 0 Å². The van der Waals surface area contributed by atoms with Gasteiger partial charge in [0, 0.05) is 12.0 Å². The second-order valence-corrected chi connectivity index (χ2v) is 4.30. The van der Waals surface area contributed by atoms with E-state index in [0.717, 1.165) is 18.8 Å². The van der Waals surface area contributed by atoms with Crippen LogP contribution in [0.15, 0.2) is 42.5 Å². The van der Waals surface area contributed by atoms with Crippen LogP contribution in [-0.4, -0.2) is 6.61 Å². The molecule has 0 unspecified atom stereocenters. The van der Waals surface area contributed by atoms with E-state index < -0.39 is 0 Å². The maximum atomic E-state index is 5.80. The Labute approximate surface area is 102 Å². The average Bonchev–Trinajstić information content (AvgIpc) is 2.75. The highest BCUT2D eigenvalue weighted by Gasteiger charge is 2.21. The molecule has 1 aliphatic rings. The first-order valence-corrected chi connectivity index (χ1v) is 6.10. The molecule has 0 saturated heterocycles. The van der Waals surface area contributed by atoms with Crippen LogP contribution in [0.2, 0.25) is 0 Å². The Morgan fingerprint density at radius 3 is 2.65 bits per heavy atom. The fraction of sp³-hybridized carbons (Fsp3) is 0.188. The highest BCUT2D eigenvalue weighted by molar-refractivity contribution is 5.83. The lowest BCUT2D eigenvalue weighted by Gasteiger charge is -2.09. The number of ether oxygens (including phenoxy) is 1. The summed E-state index contributed by atoms with van der Waals surface area (Å²) in [6, 6.07) is 14.8. The number of fused-ring (bicyclic) bond motifs is 3. The molecule has 3 rings (SSSR count). The molecule has 0 aliphatic heterocycles. The smallest absolute Gasteiger partial charge is 0.123 e. The van der Waals surface area contributed by atoms with Crippen molar-refractivity contribution in [3.05, 3.63) is 60.0 Å². The van der Waals surface area contributed by atoms with Crippen molar-refractivity contribution < 1.29 is 4.74 Å². The molecule has 0 heterocycles. The molecule has 2 aromatic rings. The molecule has 1 heteroatoms. The van der Waals surface area contributed by atoms with Gasteiger partial charge in [0.15, 0.2) is 0 Å². The summed E-state index contributed by atoms with van der Waals surface area (Å²) < 4.78 is 5.80. The zero-order chi connectivity index (χ0) is 11.7. The van der Waals surface area contributed by atoms with Gasteiger partial charge in [-0.3, -0.25) is 0 Å². The van der Waals surface area contributed by atoms with Crippen LogP contribution >= 0.6 is 0 Å². The molecular formula is C16H15O. The first kappa shape index (κ1) is 10.4. The normalized spacial score (nSPS) is 12.1. The molecule has 0 aromatic heterocycles. The third-order valence-electron chi connectivity index (χ3n) is 3.08. The highest BCUT2D eigenvalue weighted by Crippen LogP contribution is 2.42. The van der Waals surface area contributed by atoms with Crippen LogP contribution in [-0.2, 0) is 0 Å². The predicted molar refractivity (Wildman–Crippen MR) is 70.2 cm³/mol. The minimum absolute atomic E-state index is 0.778. The quantitative estimate of drug-likeness (QED) is 0.650.